The van der Waals surface area contributed by atoms with E-state index in [-0.39, 0.29) is 24.9 Å². The van der Waals surface area contributed by atoms with Crippen molar-refractivity contribution < 1.29 is 19.8 Å². The molecule has 6 N–H and O–H groups in total. The lowest BCUT2D eigenvalue weighted by Crippen LogP contribution is -2.26. The first kappa shape index (κ1) is 13.9. The Morgan fingerprint density at radius 2 is 1.27 bits per heavy atom. The maximum atomic E-state index is 10.3. The molecule has 0 aliphatic heterocycles. The molecule has 0 amide bonds. The van der Waals surface area contributed by atoms with E-state index in [4.69, 9.17) is 21.7 Å². The Labute approximate surface area is 88.3 Å². The van der Waals surface area contributed by atoms with Crippen LogP contribution in [0.3, 0.4) is 0 Å². The summed E-state index contributed by atoms with van der Waals surface area (Å²) >= 11 is 0. The van der Waals surface area contributed by atoms with Crippen LogP contribution in [-0.2, 0) is 9.59 Å². The van der Waals surface area contributed by atoms with Crippen LogP contribution in [0, 0.1) is 0 Å². The molecule has 0 aromatic rings. The molecule has 0 rings (SSSR count). The van der Waals surface area contributed by atoms with Crippen molar-refractivity contribution in [2.24, 2.45) is 11.5 Å². The topological polar surface area (TPSA) is 127 Å². The van der Waals surface area contributed by atoms with Gasteiger partial charge in [-0.15, -0.1) is 0 Å². The van der Waals surface area contributed by atoms with Crippen LogP contribution in [-0.4, -0.2) is 34.2 Å². The summed E-state index contributed by atoms with van der Waals surface area (Å²) in [5.74, 6) is -1.84. The predicted molar refractivity (Wildman–Crippen MR) is 54.3 cm³/mol. The highest BCUT2D eigenvalue weighted by atomic mass is 16.4. The van der Waals surface area contributed by atoms with Gasteiger partial charge < -0.3 is 21.7 Å². The summed E-state index contributed by atoms with van der Waals surface area (Å²) < 4.78 is 0. The minimum absolute atomic E-state index is 0.0613. The lowest BCUT2D eigenvalue weighted by molar-refractivity contribution is -0.138. The fraction of sp³-hybridized carbons (Fsp3) is 0.778. The highest BCUT2D eigenvalue weighted by molar-refractivity contribution is 5.67. The summed E-state index contributed by atoms with van der Waals surface area (Å²) in [6.07, 6.45) is 1.64. The molecule has 6 nitrogen and oxygen atoms in total. The summed E-state index contributed by atoms with van der Waals surface area (Å²) in [5.41, 5.74) is 11.0. The van der Waals surface area contributed by atoms with Gasteiger partial charge in [-0.05, 0) is 12.8 Å². The van der Waals surface area contributed by atoms with Crippen molar-refractivity contribution in [2.75, 3.05) is 0 Å². The number of carbonyl (C=O) groups is 2. The second-order valence-corrected chi connectivity index (χ2v) is 3.65. The molecule has 0 aromatic carbocycles. The number of carboxylic acid groups (broad SMARTS) is 2. The van der Waals surface area contributed by atoms with E-state index >= 15 is 0 Å². The van der Waals surface area contributed by atoms with E-state index in [1.165, 1.54) is 0 Å². The highest BCUT2D eigenvalue weighted by Gasteiger charge is 2.11. The first-order valence-corrected chi connectivity index (χ1v) is 4.86. The van der Waals surface area contributed by atoms with Crippen molar-refractivity contribution in [3.8, 4) is 0 Å². The summed E-state index contributed by atoms with van der Waals surface area (Å²) in [4.78, 5) is 20.5. The average molecular weight is 218 g/mol. The third-order valence-corrected chi connectivity index (χ3v) is 2.02. The fourth-order valence-corrected chi connectivity index (χ4v) is 1.29. The molecular formula is C9H18N2O4. The lowest BCUT2D eigenvalue weighted by atomic mass is 10.0. The lowest BCUT2D eigenvalue weighted by Gasteiger charge is -2.11. The second-order valence-electron chi connectivity index (χ2n) is 3.65. The molecule has 0 saturated carbocycles. The van der Waals surface area contributed by atoms with Crippen LogP contribution in [0.4, 0.5) is 0 Å². The van der Waals surface area contributed by atoms with Crippen LogP contribution in [0.25, 0.3) is 0 Å². The van der Waals surface area contributed by atoms with Gasteiger partial charge >= 0.3 is 11.9 Å². The molecule has 0 bridgehead atoms. The number of carboxylic acids is 2. The van der Waals surface area contributed by atoms with Crippen LogP contribution in [0.5, 0.6) is 0 Å². The molecule has 0 aliphatic carbocycles. The summed E-state index contributed by atoms with van der Waals surface area (Å²) in [5, 5.41) is 16.9. The smallest absolute Gasteiger partial charge is 0.304 e. The first-order chi connectivity index (χ1) is 6.91. The summed E-state index contributed by atoms with van der Waals surface area (Å²) in [6.45, 7) is 0. The van der Waals surface area contributed by atoms with Gasteiger partial charge in [0.25, 0.3) is 0 Å². The van der Waals surface area contributed by atoms with E-state index in [1.807, 2.05) is 0 Å². The molecule has 0 heterocycles. The molecule has 0 aliphatic rings. The molecule has 0 fully saturated rings. The normalized spacial score (nSPS) is 14.5. The Hall–Kier alpha value is -1.14. The van der Waals surface area contributed by atoms with Crippen molar-refractivity contribution >= 4 is 11.9 Å². The van der Waals surface area contributed by atoms with Gasteiger partial charge in [-0.1, -0.05) is 6.42 Å². The van der Waals surface area contributed by atoms with Gasteiger partial charge in [-0.3, -0.25) is 9.59 Å². The molecule has 0 saturated heterocycles. The van der Waals surface area contributed by atoms with Crippen LogP contribution >= 0.6 is 0 Å². The molecule has 6 heteroatoms. The summed E-state index contributed by atoms with van der Waals surface area (Å²) in [6, 6.07) is -0.751. The fourth-order valence-electron chi connectivity index (χ4n) is 1.29. The zero-order valence-corrected chi connectivity index (χ0v) is 8.56. The first-order valence-electron chi connectivity index (χ1n) is 4.86. The maximum absolute atomic E-state index is 10.3. The van der Waals surface area contributed by atoms with Gasteiger partial charge in [0, 0.05) is 12.1 Å². The van der Waals surface area contributed by atoms with Gasteiger partial charge in [0.05, 0.1) is 12.8 Å². The van der Waals surface area contributed by atoms with E-state index in [1.54, 1.807) is 0 Å². The third-order valence-electron chi connectivity index (χ3n) is 2.02. The average Bonchev–Trinajstić information content (AvgIpc) is 2.00. The Balaban J connectivity index is 3.52. The standard InChI is InChI=1S/C9H18N2O4/c10-6(4-8(12)13)2-1-3-7(11)5-9(14)15/h6-7H,1-5,10-11H2,(H,12,13)(H,14,15). The Kier molecular flexibility index (Phi) is 6.64. The largest absolute Gasteiger partial charge is 0.481 e. The highest BCUT2D eigenvalue weighted by Crippen LogP contribution is 2.06. The van der Waals surface area contributed by atoms with E-state index in [0.717, 1.165) is 0 Å². The maximum Gasteiger partial charge on any atom is 0.304 e. The molecule has 2 atom stereocenters. The Bertz CT molecular complexity index is 198. The van der Waals surface area contributed by atoms with Gasteiger partial charge in [0.1, 0.15) is 0 Å². The van der Waals surface area contributed by atoms with Crippen molar-refractivity contribution in [1.29, 1.82) is 0 Å². The quantitative estimate of drug-likeness (QED) is 0.445. The zero-order valence-electron chi connectivity index (χ0n) is 8.56. The molecule has 15 heavy (non-hydrogen) atoms. The van der Waals surface area contributed by atoms with E-state index < -0.39 is 11.9 Å². The van der Waals surface area contributed by atoms with Crippen molar-refractivity contribution in [3.63, 3.8) is 0 Å². The Morgan fingerprint density at radius 3 is 1.53 bits per heavy atom. The summed E-state index contributed by atoms with van der Waals surface area (Å²) in [7, 11) is 0. The minimum atomic E-state index is -0.919. The predicted octanol–water partition coefficient (Wildman–Crippen LogP) is -0.239. The van der Waals surface area contributed by atoms with Crippen LogP contribution < -0.4 is 11.5 Å². The number of aliphatic carboxylic acids is 2. The zero-order chi connectivity index (χ0) is 11.8. The number of nitrogens with two attached hydrogens (primary N) is 2. The van der Waals surface area contributed by atoms with E-state index in [9.17, 15) is 9.59 Å². The minimum Gasteiger partial charge on any atom is -0.481 e. The van der Waals surface area contributed by atoms with Gasteiger partial charge in [-0.2, -0.15) is 0 Å². The van der Waals surface area contributed by atoms with Gasteiger partial charge in [0.2, 0.25) is 0 Å². The molecule has 88 valence electrons. The second kappa shape index (κ2) is 7.19. The molecule has 0 aromatic heterocycles. The van der Waals surface area contributed by atoms with Crippen molar-refractivity contribution in [3.05, 3.63) is 0 Å². The van der Waals surface area contributed by atoms with Crippen LogP contribution in [0.15, 0.2) is 0 Å². The molecule has 0 radical (unpaired) electrons. The van der Waals surface area contributed by atoms with Gasteiger partial charge in [0.15, 0.2) is 0 Å². The molecule has 0 spiro atoms. The monoisotopic (exact) mass is 218 g/mol. The molecular weight excluding hydrogens is 200 g/mol. The Morgan fingerprint density at radius 1 is 0.933 bits per heavy atom. The third kappa shape index (κ3) is 9.17. The van der Waals surface area contributed by atoms with Crippen molar-refractivity contribution in [1.82, 2.24) is 0 Å². The number of rotatable bonds is 8. The van der Waals surface area contributed by atoms with Crippen LogP contribution in [0.1, 0.15) is 32.1 Å². The van der Waals surface area contributed by atoms with E-state index in [2.05, 4.69) is 0 Å². The van der Waals surface area contributed by atoms with Crippen molar-refractivity contribution in [2.45, 2.75) is 44.2 Å². The number of hydrogen-bond acceptors (Lipinski definition) is 4. The van der Waals surface area contributed by atoms with Gasteiger partial charge in [-0.25, -0.2) is 0 Å². The van der Waals surface area contributed by atoms with Crippen LogP contribution in [0.2, 0.25) is 0 Å². The SMILES string of the molecule is NC(CCCC(N)CC(=O)O)CC(=O)O. The number of hydrogen-bond donors (Lipinski definition) is 4. The molecule has 2 unspecified atom stereocenters. The van der Waals surface area contributed by atoms with E-state index in [0.29, 0.717) is 19.3 Å².